The number of amides is 1. The number of sulfone groups is 1. The molecule has 1 unspecified atom stereocenters. The number of nitrogens with one attached hydrogen (secondary N) is 1. The van der Waals surface area contributed by atoms with E-state index in [-0.39, 0.29) is 42.8 Å². The minimum atomic E-state index is -3.06. The van der Waals surface area contributed by atoms with Crippen LogP contribution in [0.5, 0.6) is 5.75 Å². The number of nitrogens with zero attached hydrogens (tertiary/aromatic N) is 1. The van der Waals surface area contributed by atoms with Gasteiger partial charge >= 0.3 is 6.61 Å². The monoisotopic (exact) mass is 424 g/mol. The van der Waals surface area contributed by atoms with Crippen LogP contribution in [0.2, 0.25) is 0 Å². The largest absolute Gasteiger partial charge is 0.435 e. The lowest BCUT2D eigenvalue weighted by molar-refractivity contribution is -0.126. The predicted molar refractivity (Wildman–Crippen MR) is 104 cm³/mol. The quantitative estimate of drug-likeness (QED) is 0.739. The molecule has 0 spiro atoms. The van der Waals surface area contributed by atoms with Gasteiger partial charge in [0, 0.05) is 19.6 Å². The molecule has 0 bridgehead atoms. The van der Waals surface area contributed by atoms with E-state index < -0.39 is 22.5 Å². The number of rotatable bonds is 7. The van der Waals surface area contributed by atoms with Gasteiger partial charge in [-0.3, -0.25) is 9.69 Å². The molecule has 1 N–H and O–H groups in total. The van der Waals surface area contributed by atoms with Crippen LogP contribution in [-0.4, -0.2) is 50.4 Å². The van der Waals surface area contributed by atoms with E-state index in [9.17, 15) is 22.0 Å². The number of hydrogen-bond acceptors (Lipinski definition) is 5. The van der Waals surface area contributed by atoms with Crippen LogP contribution in [0.4, 0.5) is 8.78 Å². The summed E-state index contributed by atoms with van der Waals surface area (Å²) in [5, 5.41) is 2.86. The first-order valence-electron chi connectivity index (χ1n) is 9.15. The van der Waals surface area contributed by atoms with Gasteiger partial charge in [0.2, 0.25) is 5.91 Å². The summed E-state index contributed by atoms with van der Waals surface area (Å²) in [6, 6.07) is 14.6. The van der Waals surface area contributed by atoms with Crippen molar-refractivity contribution in [3.8, 4) is 5.75 Å². The zero-order chi connectivity index (χ0) is 20.9. The molecule has 2 aromatic rings. The summed E-state index contributed by atoms with van der Waals surface area (Å²) >= 11 is 0. The highest BCUT2D eigenvalue weighted by Gasteiger charge is 2.32. The van der Waals surface area contributed by atoms with E-state index in [4.69, 9.17) is 0 Å². The van der Waals surface area contributed by atoms with Gasteiger partial charge in [-0.2, -0.15) is 8.78 Å². The molecule has 156 valence electrons. The summed E-state index contributed by atoms with van der Waals surface area (Å²) in [4.78, 5) is 14.8. The number of carbonyl (C=O) groups excluding carboxylic acids is 1. The Balaban J connectivity index is 1.68. The zero-order valence-corrected chi connectivity index (χ0v) is 16.4. The summed E-state index contributed by atoms with van der Waals surface area (Å²) in [7, 11) is -3.06. The van der Waals surface area contributed by atoms with Crippen molar-refractivity contribution in [1.29, 1.82) is 0 Å². The maximum absolute atomic E-state index is 13.0. The Labute approximate surface area is 168 Å². The second-order valence-corrected chi connectivity index (χ2v) is 9.04. The van der Waals surface area contributed by atoms with Crippen molar-refractivity contribution < 1.29 is 26.7 Å². The van der Waals surface area contributed by atoms with Gasteiger partial charge in [-0.05, 0) is 23.3 Å². The van der Waals surface area contributed by atoms with E-state index >= 15 is 0 Å². The van der Waals surface area contributed by atoms with Crippen molar-refractivity contribution in [1.82, 2.24) is 10.2 Å². The van der Waals surface area contributed by atoms with Gasteiger partial charge in [-0.25, -0.2) is 8.42 Å². The van der Waals surface area contributed by atoms with Crippen LogP contribution in [0, 0.1) is 0 Å². The normalized spacial score (nSPS) is 17.6. The van der Waals surface area contributed by atoms with Crippen LogP contribution in [0.25, 0.3) is 0 Å². The Morgan fingerprint density at radius 1 is 1.03 bits per heavy atom. The highest BCUT2D eigenvalue weighted by Crippen LogP contribution is 2.23. The fourth-order valence-corrected chi connectivity index (χ4v) is 4.45. The lowest BCUT2D eigenvalue weighted by atomic mass is 10.0. The lowest BCUT2D eigenvalue weighted by Gasteiger charge is -2.33. The number of halogens is 2. The third-order valence-corrected chi connectivity index (χ3v) is 6.33. The number of benzene rings is 2. The molecule has 1 saturated heterocycles. The number of alkyl halides is 2. The molecular weight excluding hydrogens is 402 g/mol. The molecule has 1 aliphatic heterocycles. The van der Waals surface area contributed by atoms with E-state index in [2.05, 4.69) is 10.1 Å². The van der Waals surface area contributed by atoms with E-state index in [1.165, 1.54) is 12.1 Å². The van der Waals surface area contributed by atoms with Gasteiger partial charge in [-0.15, -0.1) is 0 Å². The second-order valence-electron chi connectivity index (χ2n) is 6.74. The van der Waals surface area contributed by atoms with Crippen LogP contribution >= 0.6 is 0 Å². The topological polar surface area (TPSA) is 75.7 Å². The van der Waals surface area contributed by atoms with Gasteiger partial charge in [0.05, 0.1) is 11.5 Å². The molecule has 9 heteroatoms. The van der Waals surface area contributed by atoms with Gasteiger partial charge in [0.15, 0.2) is 9.84 Å². The molecule has 1 fully saturated rings. The first-order chi connectivity index (χ1) is 13.8. The maximum Gasteiger partial charge on any atom is 0.387 e. The Morgan fingerprint density at radius 2 is 1.66 bits per heavy atom. The molecule has 29 heavy (non-hydrogen) atoms. The van der Waals surface area contributed by atoms with Crippen molar-refractivity contribution in [2.75, 3.05) is 24.6 Å². The summed E-state index contributed by atoms with van der Waals surface area (Å²) in [6.45, 7) is -2.10. The summed E-state index contributed by atoms with van der Waals surface area (Å²) in [5.74, 6) is -0.153. The van der Waals surface area contributed by atoms with Crippen LogP contribution < -0.4 is 10.1 Å². The van der Waals surface area contributed by atoms with Crippen molar-refractivity contribution in [2.24, 2.45) is 0 Å². The van der Waals surface area contributed by atoms with Crippen LogP contribution in [0.1, 0.15) is 17.2 Å². The first kappa shape index (κ1) is 21.2. The molecule has 2 aromatic carbocycles. The first-order valence-corrected chi connectivity index (χ1v) is 11.0. The number of ether oxygens (including phenoxy) is 1. The number of carbonyl (C=O) groups is 1. The second kappa shape index (κ2) is 9.32. The lowest BCUT2D eigenvalue weighted by Crippen LogP contribution is -2.47. The minimum Gasteiger partial charge on any atom is -0.435 e. The highest BCUT2D eigenvalue weighted by atomic mass is 32.2. The Hall–Kier alpha value is -2.52. The molecule has 1 atom stereocenters. The average molecular weight is 424 g/mol. The Bertz CT molecular complexity index is 907. The van der Waals surface area contributed by atoms with E-state index in [1.807, 2.05) is 35.2 Å². The fraction of sp³-hybridized carbons (Fsp3) is 0.350. The zero-order valence-electron chi connectivity index (χ0n) is 15.6. The van der Waals surface area contributed by atoms with Crippen molar-refractivity contribution in [3.63, 3.8) is 0 Å². The summed E-state index contributed by atoms with van der Waals surface area (Å²) in [6.07, 6.45) is 0. The van der Waals surface area contributed by atoms with Crippen LogP contribution in [0.15, 0.2) is 54.6 Å². The average Bonchev–Trinajstić information content (AvgIpc) is 2.69. The smallest absolute Gasteiger partial charge is 0.387 e. The fourth-order valence-electron chi connectivity index (χ4n) is 3.22. The summed E-state index contributed by atoms with van der Waals surface area (Å²) in [5.41, 5.74) is 1.51. The van der Waals surface area contributed by atoms with E-state index in [0.29, 0.717) is 0 Å². The van der Waals surface area contributed by atoms with Gasteiger partial charge in [0.25, 0.3) is 0 Å². The van der Waals surface area contributed by atoms with Gasteiger partial charge in [-0.1, -0.05) is 42.5 Å². The molecule has 0 aromatic heterocycles. The third kappa shape index (κ3) is 5.98. The van der Waals surface area contributed by atoms with E-state index in [0.717, 1.165) is 11.1 Å². The maximum atomic E-state index is 13.0. The minimum absolute atomic E-state index is 0.0230. The molecule has 3 rings (SSSR count). The van der Waals surface area contributed by atoms with Crippen molar-refractivity contribution in [2.45, 2.75) is 19.2 Å². The molecule has 0 radical (unpaired) electrons. The Kier molecular flexibility index (Phi) is 6.81. The van der Waals surface area contributed by atoms with Gasteiger partial charge < -0.3 is 10.1 Å². The van der Waals surface area contributed by atoms with Crippen LogP contribution in [0.3, 0.4) is 0 Å². The molecule has 0 aliphatic carbocycles. The predicted octanol–water partition coefficient (Wildman–Crippen LogP) is 2.38. The number of hydrogen-bond donors (Lipinski definition) is 1. The van der Waals surface area contributed by atoms with Crippen molar-refractivity contribution >= 4 is 15.7 Å². The highest BCUT2D eigenvalue weighted by molar-refractivity contribution is 7.91. The van der Waals surface area contributed by atoms with Crippen molar-refractivity contribution in [3.05, 3.63) is 65.7 Å². The van der Waals surface area contributed by atoms with E-state index in [1.54, 1.807) is 12.1 Å². The Morgan fingerprint density at radius 3 is 2.24 bits per heavy atom. The molecule has 1 amide bonds. The molecule has 6 nitrogen and oxygen atoms in total. The third-order valence-electron chi connectivity index (χ3n) is 4.72. The molecule has 1 heterocycles. The molecule has 1 aliphatic rings. The van der Waals surface area contributed by atoms with Gasteiger partial charge in [0.1, 0.15) is 11.8 Å². The molecule has 0 saturated carbocycles. The summed E-state index contributed by atoms with van der Waals surface area (Å²) < 4.78 is 52.3. The SMILES string of the molecule is O=C(NCc1ccc(OC(F)F)cc1)C(c1ccccc1)N1CCS(=O)(=O)CC1. The molecular formula is C20H22F2N2O4S. The van der Waals surface area contributed by atoms with Crippen LogP contribution in [-0.2, 0) is 21.2 Å². The standard InChI is InChI=1S/C20H22F2N2O4S/c21-20(22)28-17-8-6-15(7-9-17)14-23-19(25)18(16-4-2-1-3-5-16)24-10-12-29(26,27)13-11-24/h1-9,18,20H,10-14H2,(H,23,25).